The number of aromatic nitrogens is 3. The fourth-order valence-electron chi connectivity index (χ4n) is 1.71. The molecule has 18 heavy (non-hydrogen) atoms. The van der Waals surface area contributed by atoms with E-state index in [0.717, 1.165) is 0 Å². The number of nitrogens with zero attached hydrogens (tertiary/aromatic N) is 3. The molecule has 3 rings (SSSR count). The molecule has 0 bridgehead atoms. The Kier molecular flexibility index (Phi) is 2.86. The summed E-state index contributed by atoms with van der Waals surface area (Å²) < 4.78 is 0. The van der Waals surface area contributed by atoms with Crippen LogP contribution in [0.3, 0.4) is 0 Å². The van der Waals surface area contributed by atoms with Gasteiger partial charge in [0.05, 0.1) is 15.9 Å². The first-order valence-corrected chi connectivity index (χ1v) is 6.04. The topological polar surface area (TPSA) is 38.7 Å². The Hall–Kier alpha value is -1.71. The quantitative estimate of drug-likeness (QED) is 0.630. The van der Waals surface area contributed by atoms with Crippen molar-refractivity contribution >= 4 is 34.1 Å². The van der Waals surface area contributed by atoms with Crippen LogP contribution in [0, 0.1) is 0 Å². The molecule has 0 spiro atoms. The van der Waals surface area contributed by atoms with Gasteiger partial charge in [-0.25, -0.2) is 9.97 Å². The van der Waals surface area contributed by atoms with Crippen molar-refractivity contribution in [1.29, 1.82) is 0 Å². The Morgan fingerprint density at radius 2 is 1.78 bits per heavy atom. The lowest BCUT2D eigenvalue weighted by Gasteiger charge is -2.05. The molecule has 1 aromatic carbocycles. The third kappa shape index (κ3) is 1.92. The number of rotatable bonds is 1. The molecular weight excluding hydrogens is 269 g/mol. The van der Waals surface area contributed by atoms with Crippen LogP contribution in [0.25, 0.3) is 22.4 Å². The highest BCUT2D eigenvalue weighted by molar-refractivity contribution is 6.41. The fraction of sp³-hybridized carbons (Fsp3) is 0. The minimum absolute atomic E-state index is 0.339. The molecule has 3 nitrogen and oxygen atoms in total. The minimum atomic E-state index is 0.339. The van der Waals surface area contributed by atoms with Crippen LogP contribution in [0.5, 0.6) is 0 Å². The number of hydrogen-bond donors (Lipinski definition) is 0. The lowest BCUT2D eigenvalue weighted by atomic mass is 10.2. The van der Waals surface area contributed by atoms with Crippen molar-refractivity contribution in [3.63, 3.8) is 0 Å². The van der Waals surface area contributed by atoms with E-state index in [1.165, 1.54) is 0 Å². The molecule has 2 aromatic heterocycles. The molecule has 0 unspecified atom stereocenters. The van der Waals surface area contributed by atoms with Gasteiger partial charge in [0.25, 0.3) is 0 Å². The zero-order valence-electron chi connectivity index (χ0n) is 9.14. The van der Waals surface area contributed by atoms with Gasteiger partial charge in [-0.1, -0.05) is 35.3 Å². The molecule has 0 aliphatic rings. The lowest BCUT2D eigenvalue weighted by molar-refractivity contribution is 1.18. The van der Waals surface area contributed by atoms with Crippen LogP contribution in [0.1, 0.15) is 0 Å². The number of pyridine rings is 1. The summed E-state index contributed by atoms with van der Waals surface area (Å²) in [6.45, 7) is 0. The van der Waals surface area contributed by atoms with E-state index in [9.17, 15) is 0 Å². The maximum atomic E-state index is 6.15. The van der Waals surface area contributed by atoms with Gasteiger partial charge < -0.3 is 0 Å². The van der Waals surface area contributed by atoms with Gasteiger partial charge in [-0.15, -0.1) is 0 Å². The summed E-state index contributed by atoms with van der Waals surface area (Å²) in [5, 5.41) is 1.55. The molecule has 3 aromatic rings. The van der Waals surface area contributed by atoms with Gasteiger partial charge in [-0.2, -0.15) is 0 Å². The van der Waals surface area contributed by atoms with Crippen molar-refractivity contribution in [1.82, 2.24) is 15.0 Å². The predicted molar refractivity (Wildman–Crippen MR) is 72.8 cm³/mol. The average molecular weight is 276 g/mol. The van der Waals surface area contributed by atoms with Crippen molar-refractivity contribution in [2.24, 2.45) is 0 Å². The number of halogens is 2. The average Bonchev–Trinajstić information content (AvgIpc) is 2.39. The normalized spacial score (nSPS) is 10.8. The molecule has 2 heterocycles. The van der Waals surface area contributed by atoms with E-state index in [0.29, 0.717) is 32.6 Å². The molecule has 0 amide bonds. The van der Waals surface area contributed by atoms with Crippen molar-refractivity contribution < 1.29 is 0 Å². The standard InChI is InChI=1S/C13H7Cl2N3/c14-8-4-3-6-9-11(8)12(15)18-13(17-9)10-5-1-2-7-16-10/h1-7H. The van der Waals surface area contributed by atoms with Crippen molar-refractivity contribution in [2.75, 3.05) is 0 Å². The van der Waals surface area contributed by atoms with E-state index in [4.69, 9.17) is 23.2 Å². The maximum absolute atomic E-state index is 6.15. The van der Waals surface area contributed by atoms with Gasteiger partial charge >= 0.3 is 0 Å². The minimum Gasteiger partial charge on any atom is -0.253 e. The van der Waals surface area contributed by atoms with Gasteiger partial charge in [0.2, 0.25) is 0 Å². The summed E-state index contributed by atoms with van der Waals surface area (Å²) in [5.41, 5.74) is 1.39. The Bertz CT molecular complexity index is 714. The van der Waals surface area contributed by atoms with Crippen LogP contribution >= 0.6 is 23.2 Å². The summed E-state index contributed by atoms with van der Waals surface area (Å²) in [4.78, 5) is 12.9. The predicted octanol–water partition coefficient (Wildman–Crippen LogP) is 4.00. The molecule has 88 valence electrons. The zero-order chi connectivity index (χ0) is 12.5. The van der Waals surface area contributed by atoms with Gasteiger partial charge in [-0.05, 0) is 24.3 Å². The number of fused-ring (bicyclic) bond motifs is 1. The van der Waals surface area contributed by atoms with Gasteiger partial charge in [0, 0.05) is 6.20 Å². The van der Waals surface area contributed by atoms with Gasteiger partial charge in [0.15, 0.2) is 5.82 Å². The van der Waals surface area contributed by atoms with Crippen LogP contribution in [0.4, 0.5) is 0 Å². The molecule has 0 radical (unpaired) electrons. The van der Waals surface area contributed by atoms with Crippen LogP contribution in [-0.4, -0.2) is 15.0 Å². The number of hydrogen-bond acceptors (Lipinski definition) is 3. The highest BCUT2D eigenvalue weighted by Gasteiger charge is 2.10. The third-order valence-electron chi connectivity index (χ3n) is 2.52. The van der Waals surface area contributed by atoms with Crippen molar-refractivity contribution in [2.45, 2.75) is 0 Å². The molecule has 0 atom stereocenters. The Labute approximate surface area is 113 Å². The van der Waals surface area contributed by atoms with Crippen molar-refractivity contribution in [3.05, 3.63) is 52.8 Å². The molecule has 0 saturated carbocycles. The molecule has 0 fully saturated rings. The Morgan fingerprint density at radius 1 is 0.889 bits per heavy atom. The first-order valence-electron chi connectivity index (χ1n) is 5.29. The first kappa shape index (κ1) is 11.4. The summed E-state index contributed by atoms with van der Waals surface area (Å²) in [7, 11) is 0. The van der Waals surface area contributed by atoms with Gasteiger partial charge in [-0.3, -0.25) is 4.98 Å². The van der Waals surface area contributed by atoms with Crippen LogP contribution in [-0.2, 0) is 0 Å². The molecule has 0 aliphatic heterocycles. The first-order chi connectivity index (χ1) is 8.75. The van der Waals surface area contributed by atoms with E-state index in [1.807, 2.05) is 30.3 Å². The summed E-state index contributed by atoms with van der Waals surface area (Å²) >= 11 is 12.2. The second-order valence-corrected chi connectivity index (χ2v) is 4.45. The highest BCUT2D eigenvalue weighted by Crippen LogP contribution is 2.29. The highest BCUT2D eigenvalue weighted by atomic mass is 35.5. The van der Waals surface area contributed by atoms with E-state index in [2.05, 4.69) is 15.0 Å². The molecule has 0 saturated heterocycles. The molecule has 5 heteroatoms. The van der Waals surface area contributed by atoms with Gasteiger partial charge in [0.1, 0.15) is 10.8 Å². The Balaban J connectivity index is 2.29. The van der Waals surface area contributed by atoms with E-state index < -0.39 is 0 Å². The van der Waals surface area contributed by atoms with E-state index in [1.54, 1.807) is 12.3 Å². The Morgan fingerprint density at radius 3 is 2.56 bits per heavy atom. The van der Waals surface area contributed by atoms with E-state index >= 15 is 0 Å². The summed E-state index contributed by atoms with van der Waals surface area (Å²) in [6.07, 6.45) is 1.69. The maximum Gasteiger partial charge on any atom is 0.180 e. The summed E-state index contributed by atoms with van der Waals surface area (Å²) in [5.74, 6) is 0.496. The summed E-state index contributed by atoms with van der Waals surface area (Å²) in [6, 6.07) is 11.0. The fourth-order valence-corrected chi connectivity index (χ4v) is 2.29. The second kappa shape index (κ2) is 4.52. The SMILES string of the molecule is Clc1cccc2nc(-c3ccccn3)nc(Cl)c12. The van der Waals surface area contributed by atoms with Crippen molar-refractivity contribution in [3.8, 4) is 11.5 Å². The third-order valence-corrected chi connectivity index (χ3v) is 3.11. The zero-order valence-corrected chi connectivity index (χ0v) is 10.7. The van der Waals surface area contributed by atoms with Crippen LogP contribution in [0.2, 0.25) is 10.2 Å². The monoisotopic (exact) mass is 275 g/mol. The molecule has 0 aliphatic carbocycles. The largest absolute Gasteiger partial charge is 0.253 e. The molecule has 0 N–H and O–H groups in total. The lowest BCUT2D eigenvalue weighted by Crippen LogP contribution is -1.93. The van der Waals surface area contributed by atoms with Crippen LogP contribution < -0.4 is 0 Å². The smallest absolute Gasteiger partial charge is 0.180 e. The second-order valence-electron chi connectivity index (χ2n) is 3.69. The van der Waals surface area contributed by atoms with E-state index in [-0.39, 0.29) is 0 Å². The molecular formula is C13H7Cl2N3. The van der Waals surface area contributed by atoms with Crippen LogP contribution in [0.15, 0.2) is 42.6 Å². The number of benzene rings is 1.